The van der Waals surface area contributed by atoms with Gasteiger partial charge in [-0.05, 0) is 37.7 Å². The van der Waals surface area contributed by atoms with Crippen LogP contribution in [0.5, 0.6) is 0 Å². The first-order valence-corrected chi connectivity index (χ1v) is 7.36. The first-order chi connectivity index (χ1) is 9.70. The van der Waals surface area contributed by atoms with Crippen molar-refractivity contribution in [2.75, 3.05) is 0 Å². The first-order valence-electron chi connectivity index (χ1n) is 7.36. The second-order valence-corrected chi connectivity index (χ2v) is 5.93. The van der Waals surface area contributed by atoms with Crippen molar-refractivity contribution in [3.05, 3.63) is 35.6 Å². The lowest BCUT2D eigenvalue weighted by Crippen LogP contribution is -2.38. The van der Waals surface area contributed by atoms with E-state index in [1.165, 1.54) is 18.9 Å². The molecule has 2 heterocycles. The quantitative estimate of drug-likeness (QED) is 0.860. The second kappa shape index (κ2) is 5.92. The van der Waals surface area contributed by atoms with Crippen molar-refractivity contribution < 1.29 is 13.9 Å². The van der Waals surface area contributed by atoms with E-state index < -0.39 is 0 Å². The van der Waals surface area contributed by atoms with Gasteiger partial charge in [-0.1, -0.05) is 18.2 Å². The number of ether oxygens (including phenoxy) is 1. The smallest absolute Gasteiger partial charge is 0.306 e. The van der Waals surface area contributed by atoms with E-state index in [0.29, 0.717) is 30.0 Å². The van der Waals surface area contributed by atoms with E-state index in [9.17, 15) is 9.18 Å². The van der Waals surface area contributed by atoms with Crippen molar-refractivity contribution in [1.29, 1.82) is 0 Å². The van der Waals surface area contributed by atoms with E-state index in [1.54, 1.807) is 18.2 Å². The summed E-state index contributed by atoms with van der Waals surface area (Å²) >= 11 is 0. The van der Waals surface area contributed by atoms with Crippen LogP contribution in [0.25, 0.3) is 0 Å². The van der Waals surface area contributed by atoms with Crippen LogP contribution in [0.1, 0.15) is 37.7 Å². The molecule has 0 radical (unpaired) electrons. The van der Waals surface area contributed by atoms with E-state index >= 15 is 0 Å². The van der Waals surface area contributed by atoms with Gasteiger partial charge in [-0.25, -0.2) is 4.39 Å². The van der Waals surface area contributed by atoms with E-state index in [4.69, 9.17) is 4.74 Å². The minimum Gasteiger partial charge on any atom is -0.461 e. The van der Waals surface area contributed by atoms with Crippen LogP contribution in [0.15, 0.2) is 24.3 Å². The Kier molecular flexibility index (Phi) is 4.01. The predicted molar refractivity (Wildman–Crippen MR) is 73.5 cm³/mol. The van der Waals surface area contributed by atoms with Gasteiger partial charge in [-0.2, -0.15) is 0 Å². The fourth-order valence-electron chi connectivity index (χ4n) is 3.41. The van der Waals surface area contributed by atoms with E-state index in [2.05, 4.69) is 5.32 Å². The Morgan fingerprint density at radius 1 is 1.25 bits per heavy atom. The van der Waals surface area contributed by atoms with Crippen LogP contribution in [0.4, 0.5) is 4.39 Å². The highest BCUT2D eigenvalue weighted by Gasteiger charge is 2.34. The Labute approximate surface area is 118 Å². The minimum absolute atomic E-state index is 0.0311. The number of carbonyl (C=O) groups is 1. The zero-order valence-corrected chi connectivity index (χ0v) is 11.5. The summed E-state index contributed by atoms with van der Waals surface area (Å²) < 4.78 is 18.6. The van der Waals surface area contributed by atoms with Gasteiger partial charge < -0.3 is 10.1 Å². The van der Waals surface area contributed by atoms with Gasteiger partial charge in [0.05, 0.1) is 0 Å². The highest BCUT2D eigenvalue weighted by molar-refractivity contribution is 5.69. The molecule has 0 aliphatic carbocycles. The molecule has 1 N–H and O–H groups in total. The molecule has 2 saturated heterocycles. The molecule has 2 fully saturated rings. The van der Waals surface area contributed by atoms with Crippen molar-refractivity contribution in [1.82, 2.24) is 5.32 Å². The SMILES string of the molecule is O=C(CC1CC2CCC(C1)N2)OCc1ccccc1F. The lowest BCUT2D eigenvalue weighted by Gasteiger charge is -2.28. The lowest BCUT2D eigenvalue weighted by atomic mass is 9.90. The van der Waals surface area contributed by atoms with E-state index in [0.717, 1.165) is 12.8 Å². The molecule has 0 spiro atoms. The summed E-state index contributed by atoms with van der Waals surface area (Å²) in [7, 11) is 0. The zero-order valence-electron chi connectivity index (χ0n) is 11.5. The zero-order chi connectivity index (χ0) is 13.9. The monoisotopic (exact) mass is 277 g/mol. The molecule has 4 heteroatoms. The van der Waals surface area contributed by atoms with Crippen molar-refractivity contribution in [3.63, 3.8) is 0 Å². The van der Waals surface area contributed by atoms with Gasteiger partial charge in [0, 0.05) is 24.1 Å². The minimum atomic E-state index is -0.319. The Bertz CT molecular complexity index is 479. The van der Waals surface area contributed by atoms with Gasteiger partial charge in [0.25, 0.3) is 0 Å². The Balaban J connectivity index is 1.47. The molecular weight excluding hydrogens is 257 g/mol. The van der Waals surface area contributed by atoms with Gasteiger partial charge in [0.1, 0.15) is 12.4 Å². The maximum Gasteiger partial charge on any atom is 0.306 e. The molecule has 20 heavy (non-hydrogen) atoms. The topological polar surface area (TPSA) is 38.3 Å². The van der Waals surface area contributed by atoms with Crippen molar-refractivity contribution in [2.45, 2.75) is 50.8 Å². The predicted octanol–water partition coefficient (Wildman–Crippen LogP) is 2.79. The number of piperidine rings is 1. The third-order valence-electron chi connectivity index (χ3n) is 4.37. The number of nitrogens with one attached hydrogen (secondary N) is 1. The number of hydrogen-bond acceptors (Lipinski definition) is 3. The Hall–Kier alpha value is -1.42. The number of esters is 1. The third kappa shape index (κ3) is 3.18. The van der Waals surface area contributed by atoms with E-state index in [-0.39, 0.29) is 18.4 Å². The molecule has 2 bridgehead atoms. The molecule has 3 rings (SSSR count). The van der Waals surface area contributed by atoms with Gasteiger partial charge in [-0.15, -0.1) is 0 Å². The van der Waals surface area contributed by atoms with Crippen LogP contribution >= 0.6 is 0 Å². The molecule has 1 aromatic carbocycles. The average Bonchev–Trinajstić information content (AvgIpc) is 2.77. The molecule has 2 atom stereocenters. The molecule has 108 valence electrons. The number of hydrogen-bond donors (Lipinski definition) is 1. The highest BCUT2D eigenvalue weighted by atomic mass is 19.1. The average molecular weight is 277 g/mol. The maximum absolute atomic E-state index is 13.4. The molecule has 2 unspecified atom stereocenters. The van der Waals surface area contributed by atoms with Crippen molar-refractivity contribution in [2.24, 2.45) is 5.92 Å². The summed E-state index contributed by atoms with van der Waals surface area (Å²) in [5.74, 6) is -0.110. The normalized spacial score (nSPS) is 28.4. The summed E-state index contributed by atoms with van der Waals surface area (Å²) in [6.07, 6.45) is 5.04. The maximum atomic E-state index is 13.4. The van der Waals surface area contributed by atoms with Gasteiger partial charge in [0.15, 0.2) is 0 Å². The van der Waals surface area contributed by atoms with Crippen LogP contribution in [0.3, 0.4) is 0 Å². The standard InChI is InChI=1S/C16H20FNO2/c17-15-4-2-1-3-12(15)10-20-16(19)9-11-7-13-5-6-14(8-11)18-13/h1-4,11,13-14,18H,5-10H2. The van der Waals surface area contributed by atoms with Gasteiger partial charge in [-0.3, -0.25) is 4.79 Å². The number of carbonyl (C=O) groups excluding carboxylic acids is 1. The number of halogens is 1. The van der Waals surface area contributed by atoms with Gasteiger partial charge >= 0.3 is 5.97 Å². The van der Waals surface area contributed by atoms with Crippen LogP contribution in [0, 0.1) is 11.7 Å². The largest absolute Gasteiger partial charge is 0.461 e. The number of rotatable bonds is 4. The highest BCUT2D eigenvalue weighted by Crippen LogP contribution is 2.32. The molecule has 0 amide bonds. The molecular formula is C16H20FNO2. The summed E-state index contributed by atoms with van der Waals surface area (Å²) in [5.41, 5.74) is 0.436. The lowest BCUT2D eigenvalue weighted by molar-refractivity contribution is -0.146. The Morgan fingerprint density at radius 3 is 2.65 bits per heavy atom. The second-order valence-electron chi connectivity index (χ2n) is 5.93. The molecule has 0 saturated carbocycles. The van der Waals surface area contributed by atoms with Crippen molar-refractivity contribution in [3.8, 4) is 0 Å². The fraction of sp³-hybridized carbons (Fsp3) is 0.562. The summed E-state index contributed by atoms with van der Waals surface area (Å²) in [4.78, 5) is 11.9. The molecule has 3 nitrogen and oxygen atoms in total. The van der Waals surface area contributed by atoms with Gasteiger partial charge in [0.2, 0.25) is 0 Å². The van der Waals surface area contributed by atoms with E-state index in [1.807, 2.05) is 0 Å². The summed E-state index contributed by atoms with van der Waals surface area (Å²) in [5, 5.41) is 3.56. The fourth-order valence-corrected chi connectivity index (χ4v) is 3.41. The first kappa shape index (κ1) is 13.6. The molecule has 1 aromatic rings. The van der Waals surface area contributed by atoms with Crippen molar-refractivity contribution >= 4 is 5.97 Å². The number of benzene rings is 1. The summed E-state index contributed by atoms with van der Waals surface area (Å²) in [6.45, 7) is 0.0311. The third-order valence-corrected chi connectivity index (χ3v) is 4.37. The Morgan fingerprint density at radius 2 is 1.95 bits per heavy atom. The molecule has 2 aliphatic heterocycles. The molecule has 0 aromatic heterocycles. The van der Waals surface area contributed by atoms with Crippen LogP contribution in [-0.2, 0) is 16.1 Å². The van der Waals surface area contributed by atoms with Crippen LogP contribution in [-0.4, -0.2) is 18.1 Å². The summed E-state index contributed by atoms with van der Waals surface area (Å²) in [6, 6.07) is 7.57. The molecule has 2 aliphatic rings. The van der Waals surface area contributed by atoms with Crippen LogP contribution < -0.4 is 5.32 Å². The number of fused-ring (bicyclic) bond motifs is 2. The van der Waals surface area contributed by atoms with Crippen LogP contribution in [0.2, 0.25) is 0 Å².